The summed E-state index contributed by atoms with van der Waals surface area (Å²) in [6.07, 6.45) is 0. The molecule has 0 saturated carbocycles. The second-order valence-corrected chi connectivity index (χ2v) is 6.78. The van der Waals surface area contributed by atoms with Crippen LogP contribution in [0.15, 0.2) is 23.6 Å². The minimum atomic E-state index is -0.227. The predicted molar refractivity (Wildman–Crippen MR) is 87.4 cm³/mol. The number of aromatic amines is 1. The Bertz CT molecular complexity index is 790. The third kappa shape index (κ3) is 3.08. The van der Waals surface area contributed by atoms with Gasteiger partial charge >= 0.3 is 0 Å². The largest absolute Gasteiger partial charge is 0.380 e. The molecule has 3 rings (SSSR count). The molecule has 3 aromatic rings. The van der Waals surface area contributed by atoms with Crippen molar-refractivity contribution in [3.05, 3.63) is 38.9 Å². The topological polar surface area (TPSA) is 79.9 Å². The molecule has 3 heterocycles. The number of thiophene rings is 2. The lowest BCUT2D eigenvalue weighted by atomic mass is 10.2. The second kappa shape index (κ2) is 6.39. The molecule has 8 heteroatoms. The number of aromatic nitrogens is 3. The number of H-pyrrole nitrogens is 1. The minimum absolute atomic E-state index is 0.227. The number of hydrogen-bond acceptors (Lipinski definition) is 6. The van der Waals surface area contributed by atoms with E-state index >= 15 is 0 Å². The first-order valence-electron chi connectivity index (χ1n) is 6.53. The molecule has 2 N–H and O–H groups in total. The van der Waals surface area contributed by atoms with Crippen LogP contribution in [0, 0.1) is 6.92 Å². The number of methoxy groups -OCH3 is 1. The number of anilines is 1. The number of carbonyl (C=O) groups excluding carboxylic acids is 1. The van der Waals surface area contributed by atoms with Crippen molar-refractivity contribution in [1.82, 2.24) is 15.2 Å². The lowest BCUT2D eigenvalue weighted by Crippen LogP contribution is -2.13. The molecule has 0 aromatic carbocycles. The number of hydrogen-bond donors (Lipinski definition) is 2. The molecule has 0 unspecified atom stereocenters. The molecule has 0 spiro atoms. The summed E-state index contributed by atoms with van der Waals surface area (Å²) in [5.74, 6) is 0.689. The van der Waals surface area contributed by atoms with Crippen LogP contribution in [0.5, 0.6) is 0 Å². The Morgan fingerprint density at radius 2 is 2.27 bits per heavy atom. The SMILES string of the molecule is COCc1ccsc1C(=O)Nc1n[nH]c(-c2ccc(C)s2)n1. The average Bonchev–Trinajstić information content (AvgIpc) is 3.19. The normalized spacial score (nSPS) is 10.8. The molecule has 0 bridgehead atoms. The van der Waals surface area contributed by atoms with E-state index in [1.165, 1.54) is 16.2 Å². The molecule has 22 heavy (non-hydrogen) atoms. The van der Waals surface area contributed by atoms with E-state index in [1.807, 2.05) is 30.5 Å². The highest BCUT2D eigenvalue weighted by Crippen LogP contribution is 2.25. The van der Waals surface area contributed by atoms with E-state index in [4.69, 9.17) is 4.74 Å². The summed E-state index contributed by atoms with van der Waals surface area (Å²) in [7, 11) is 1.60. The molecular weight excluding hydrogens is 320 g/mol. The first kappa shape index (κ1) is 14.9. The van der Waals surface area contributed by atoms with Gasteiger partial charge in [-0.15, -0.1) is 27.8 Å². The van der Waals surface area contributed by atoms with Crippen molar-refractivity contribution in [2.24, 2.45) is 0 Å². The van der Waals surface area contributed by atoms with E-state index < -0.39 is 0 Å². The van der Waals surface area contributed by atoms with Crippen LogP contribution in [0.4, 0.5) is 5.95 Å². The van der Waals surface area contributed by atoms with Crippen LogP contribution in [-0.2, 0) is 11.3 Å². The molecule has 0 atom stereocenters. The molecule has 0 fully saturated rings. The van der Waals surface area contributed by atoms with Gasteiger partial charge in [0.15, 0.2) is 5.82 Å². The number of nitrogens with one attached hydrogen (secondary N) is 2. The van der Waals surface area contributed by atoms with Crippen molar-refractivity contribution in [3.8, 4) is 10.7 Å². The van der Waals surface area contributed by atoms with Crippen LogP contribution in [0.3, 0.4) is 0 Å². The Labute approximate surface area is 135 Å². The quantitative estimate of drug-likeness (QED) is 0.750. The minimum Gasteiger partial charge on any atom is -0.380 e. The molecule has 0 radical (unpaired) electrons. The van der Waals surface area contributed by atoms with Crippen molar-refractivity contribution in [2.45, 2.75) is 13.5 Å². The Morgan fingerprint density at radius 3 is 3.00 bits per heavy atom. The van der Waals surface area contributed by atoms with Crippen LogP contribution in [-0.4, -0.2) is 28.2 Å². The lowest BCUT2D eigenvalue weighted by molar-refractivity contribution is 0.102. The van der Waals surface area contributed by atoms with Crippen LogP contribution in [0.2, 0.25) is 0 Å². The standard InChI is InChI=1S/C14H14N4O2S2/c1-8-3-4-10(22-8)12-15-14(18-17-12)16-13(19)11-9(7-20-2)5-6-21-11/h3-6H,7H2,1-2H3,(H2,15,16,17,18,19). The van der Waals surface area contributed by atoms with Gasteiger partial charge in [-0.3, -0.25) is 15.2 Å². The predicted octanol–water partition coefficient (Wildman–Crippen LogP) is 3.30. The number of aryl methyl sites for hydroxylation is 1. The van der Waals surface area contributed by atoms with E-state index in [0.29, 0.717) is 17.3 Å². The van der Waals surface area contributed by atoms with Gasteiger partial charge in [0.25, 0.3) is 5.91 Å². The summed E-state index contributed by atoms with van der Waals surface area (Å²) >= 11 is 2.99. The smallest absolute Gasteiger partial charge is 0.268 e. The zero-order valence-corrected chi connectivity index (χ0v) is 13.7. The van der Waals surface area contributed by atoms with Crippen molar-refractivity contribution in [3.63, 3.8) is 0 Å². The summed E-state index contributed by atoms with van der Waals surface area (Å²) in [5.41, 5.74) is 0.856. The molecule has 6 nitrogen and oxygen atoms in total. The van der Waals surface area contributed by atoms with Crippen molar-refractivity contribution in [1.29, 1.82) is 0 Å². The Hall–Kier alpha value is -2.03. The van der Waals surface area contributed by atoms with Crippen molar-refractivity contribution < 1.29 is 9.53 Å². The van der Waals surface area contributed by atoms with Crippen LogP contribution in [0.1, 0.15) is 20.1 Å². The second-order valence-electron chi connectivity index (χ2n) is 4.58. The molecule has 0 aliphatic carbocycles. The maximum Gasteiger partial charge on any atom is 0.268 e. The van der Waals surface area contributed by atoms with Gasteiger partial charge in [0.05, 0.1) is 16.4 Å². The highest BCUT2D eigenvalue weighted by molar-refractivity contribution is 7.15. The molecule has 3 aromatic heterocycles. The summed E-state index contributed by atoms with van der Waals surface area (Å²) in [6, 6.07) is 5.87. The number of ether oxygens (including phenoxy) is 1. The van der Waals surface area contributed by atoms with Gasteiger partial charge in [0.1, 0.15) is 0 Å². The van der Waals surface area contributed by atoms with E-state index in [0.717, 1.165) is 10.4 Å². The number of nitrogens with zero attached hydrogens (tertiary/aromatic N) is 2. The Balaban J connectivity index is 1.74. The van der Waals surface area contributed by atoms with Crippen LogP contribution < -0.4 is 5.32 Å². The first-order valence-corrected chi connectivity index (χ1v) is 8.23. The number of amides is 1. The van der Waals surface area contributed by atoms with Gasteiger partial charge in [-0.2, -0.15) is 4.98 Å². The molecule has 0 aliphatic heterocycles. The van der Waals surface area contributed by atoms with E-state index in [2.05, 4.69) is 20.5 Å². The first-order chi connectivity index (χ1) is 10.7. The number of carbonyl (C=O) groups is 1. The van der Waals surface area contributed by atoms with Gasteiger partial charge in [0, 0.05) is 17.6 Å². The molecule has 114 valence electrons. The molecular formula is C14H14N4O2S2. The summed E-state index contributed by atoms with van der Waals surface area (Å²) in [6.45, 7) is 2.43. The van der Waals surface area contributed by atoms with Crippen molar-refractivity contribution >= 4 is 34.5 Å². The Morgan fingerprint density at radius 1 is 1.41 bits per heavy atom. The average molecular weight is 334 g/mol. The highest BCUT2D eigenvalue weighted by atomic mass is 32.1. The zero-order valence-electron chi connectivity index (χ0n) is 12.0. The maximum atomic E-state index is 12.3. The van der Waals surface area contributed by atoms with Gasteiger partial charge < -0.3 is 4.74 Å². The van der Waals surface area contributed by atoms with Crippen molar-refractivity contribution in [2.75, 3.05) is 12.4 Å². The highest BCUT2D eigenvalue weighted by Gasteiger charge is 2.16. The fraction of sp³-hybridized carbons (Fsp3) is 0.214. The van der Waals surface area contributed by atoms with E-state index in [1.54, 1.807) is 18.4 Å². The number of rotatable bonds is 5. The van der Waals surface area contributed by atoms with Crippen LogP contribution >= 0.6 is 22.7 Å². The summed E-state index contributed by atoms with van der Waals surface area (Å²) < 4.78 is 5.08. The van der Waals surface area contributed by atoms with Crippen LogP contribution in [0.25, 0.3) is 10.7 Å². The summed E-state index contributed by atoms with van der Waals surface area (Å²) in [5, 5.41) is 11.4. The third-order valence-corrected chi connectivity index (χ3v) is 4.90. The Kier molecular flexibility index (Phi) is 4.32. The monoisotopic (exact) mass is 334 g/mol. The van der Waals surface area contributed by atoms with E-state index in [-0.39, 0.29) is 11.9 Å². The molecule has 0 aliphatic rings. The van der Waals surface area contributed by atoms with E-state index in [9.17, 15) is 4.79 Å². The lowest BCUT2D eigenvalue weighted by Gasteiger charge is -2.02. The molecule has 0 saturated heterocycles. The van der Waals surface area contributed by atoms with Gasteiger partial charge in [0.2, 0.25) is 5.95 Å². The fourth-order valence-electron chi connectivity index (χ4n) is 1.95. The third-order valence-electron chi connectivity index (χ3n) is 2.94. The van der Waals surface area contributed by atoms with Gasteiger partial charge in [-0.05, 0) is 30.5 Å². The zero-order chi connectivity index (χ0) is 15.5. The van der Waals surface area contributed by atoms with Gasteiger partial charge in [-0.1, -0.05) is 0 Å². The maximum absolute atomic E-state index is 12.3. The molecule has 1 amide bonds. The van der Waals surface area contributed by atoms with Gasteiger partial charge in [-0.25, -0.2) is 0 Å². The fourth-order valence-corrected chi connectivity index (χ4v) is 3.56. The summed E-state index contributed by atoms with van der Waals surface area (Å²) in [4.78, 5) is 19.4.